The maximum atomic E-state index is 10.6. The van der Waals surface area contributed by atoms with Crippen molar-refractivity contribution in [2.75, 3.05) is 20.8 Å². The lowest BCUT2D eigenvalue weighted by atomic mass is 10.2. The molecular weight excluding hydrogens is 208 g/mol. The Kier molecular flexibility index (Phi) is 4.60. The van der Waals surface area contributed by atoms with Crippen LogP contribution < -0.4 is 20.5 Å². The quantitative estimate of drug-likeness (QED) is 0.728. The van der Waals surface area contributed by atoms with Crippen LogP contribution in [0.25, 0.3) is 0 Å². The number of hydrogen-bond donors (Lipinski definition) is 2. The lowest BCUT2D eigenvalue weighted by Crippen LogP contribution is -2.28. The SMILES string of the molecule is COc1ccc(CNCC(N)=O)c(OC)c1. The highest BCUT2D eigenvalue weighted by atomic mass is 16.5. The Morgan fingerprint density at radius 2 is 2.12 bits per heavy atom. The minimum Gasteiger partial charge on any atom is -0.497 e. The molecule has 0 spiro atoms. The molecule has 0 aliphatic rings. The molecule has 1 amide bonds. The number of amides is 1. The molecule has 0 saturated heterocycles. The number of benzene rings is 1. The molecule has 0 heterocycles. The summed E-state index contributed by atoms with van der Waals surface area (Å²) >= 11 is 0. The van der Waals surface area contributed by atoms with E-state index in [1.165, 1.54) is 0 Å². The molecule has 0 fully saturated rings. The minimum absolute atomic E-state index is 0.148. The van der Waals surface area contributed by atoms with Crippen LogP contribution in [0.15, 0.2) is 18.2 Å². The van der Waals surface area contributed by atoms with E-state index in [1.807, 2.05) is 12.1 Å². The summed E-state index contributed by atoms with van der Waals surface area (Å²) in [5.74, 6) is 1.07. The van der Waals surface area contributed by atoms with E-state index >= 15 is 0 Å². The maximum absolute atomic E-state index is 10.6. The number of primary amides is 1. The van der Waals surface area contributed by atoms with E-state index in [4.69, 9.17) is 15.2 Å². The first-order valence-corrected chi connectivity index (χ1v) is 4.87. The van der Waals surface area contributed by atoms with Crippen LogP contribution in [0.5, 0.6) is 11.5 Å². The average Bonchev–Trinajstić information content (AvgIpc) is 2.29. The summed E-state index contributed by atoms with van der Waals surface area (Å²) in [4.78, 5) is 10.6. The predicted molar refractivity (Wildman–Crippen MR) is 60.4 cm³/mol. The fraction of sp³-hybridized carbons (Fsp3) is 0.364. The molecular formula is C11H16N2O3. The van der Waals surface area contributed by atoms with Crippen LogP contribution in [0.2, 0.25) is 0 Å². The number of nitrogens with two attached hydrogens (primary N) is 1. The Balaban J connectivity index is 2.68. The van der Waals surface area contributed by atoms with Gasteiger partial charge in [-0.15, -0.1) is 0 Å². The number of hydrogen-bond acceptors (Lipinski definition) is 4. The molecule has 0 aliphatic carbocycles. The zero-order chi connectivity index (χ0) is 12.0. The zero-order valence-corrected chi connectivity index (χ0v) is 9.45. The number of carbonyl (C=O) groups is 1. The second-order valence-electron chi connectivity index (χ2n) is 3.25. The maximum Gasteiger partial charge on any atom is 0.231 e. The molecule has 0 radical (unpaired) electrons. The zero-order valence-electron chi connectivity index (χ0n) is 9.45. The third kappa shape index (κ3) is 3.43. The smallest absolute Gasteiger partial charge is 0.231 e. The van der Waals surface area contributed by atoms with Crippen LogP contribution in [0, 0.1) is 0 Å². The minimum atomic E-state index is -0.382. The molecule has 88 valence electrons. The molecule has 0 bridgehead atoms. The molecule has 0 aromatic heterocycles. The number of nitrogens with one attached hydrogen (secondary N) is 1. The van der Waals surface area contributed by atoms with Crippen LogP contribution in [-0.2, 0) is 11.3 Å². The normalized spacial score (nSPS) is 9.88. The lowest BCUT2D eigenvalue weighted by molar-refractivity contribution is -0.117. The van der Waals surface area contributed by atoms with E-state index in [2.05, 4.69) is 5.32 Å². The summed E-state index contributed by atoms with van der Waals surface area (Å²) in [5.41, 5.74) is 5.97. The molecule has 0 saturated carbocycles. The highest BCUT2D eigenvalue weighted by Gasteiger charge is 2.04. The molecule has 0 atom stereocenters. The van der Waals surface area contributed by atoms with E-state index in [0.29, 0.717) is 6.54 Å². The van der Waals surface area contributed by atoms with Gasteiger partial charge < -0.3 is 20.5 Å². The second kappa shape index (κ2) is 5.97. The van der Waals surface area contributed by atoms with Crippen molar-refractivity contribution in [3.63, 3.8) is 0 Å². The van der Waals surface area contributed by atoms with Crippen molar-refractivity contribution in [2.24, 2.45) is 5.73 Å². The van der Waals surface area contributed by atoms with E-state index in [9.17, 15) is 4.79 Å². The van der Waals surface area contributed by atoms with E-state index < -0.39 is 0 Å². The Morgan fingerprint density at radius 3 is 2.69 bits per heavy atom. The molecule has 1 rings (SSSR count). The molecule has 0 unspecified atom stereocenters. The van der Waals surface area contributed by atoms with Crippen molar-refractivity contribution in [3.05, 3.63) is 23.8 Å². The van der Waals surface area contributed by atoms with Crippen molar-refractivity contribution in [2.45, 2.75) is 6.54 Å². The highest BCUT2D eigenvalue weighted by Crippen LogP contribution is 2.24. The largest absolute Gasteiger partial charge is 0.497 e. The average molecular weight is 224 g/mol. The van der Waals surface area contributed by atoms with Crippen molar-refractivity contribution in [3.8, 4) is 11.5 Å². The third-order valence-electron chi connectivity index (χ3n) is 2.11. The first kappa shape index (κ1) is 12.3. The summed E-state index contributed by atoms with van der Waals surface area (Å²) in [6.07, 6.45) is 0. The lowest BCUT2D eigenvalue weighted by Gasteiger charge is -2.10. The van der Waals surface area contributed by atoms with E-state index in [-0.39, 0.29) is 12.5 Å². The van der Waals surface area contributed by atoms with Crippen molar-refractivity contribution < 1.29 is 14.3 Å². The standard InChI is InChI=1S/C11H16N2O3/c1-15-9-4-3-8(10(5-9)16-2)6-13-7-11(12)14/h3-5,13H,6-7H2,1-2H3,(H2,12,14). The van der Waals surface area contributed by atoms with Gasteiger partial charge in [0.15, 0.2) is 0 Å². The first-order valence-electron chi connectivity index (χ1n) is 4.87. The van der Waals surface area contributed by atoms with Crippen LogP contribution in [0.4, 0.5) is 0 Å². The van der Waals surface area contributed by atoms with Gasteiger partial charge in [0, 0.05) is 18.2 Å². The molecule has 16 heavy (non-hydrogen) atoms. The summed E-state index contributed by atoms with van der Waals surface area (Å²) in [7, 11) is 3.19. The number of ether oxygens (including phenoxy) is 2. The Bertz CT molecular complexity index is 366. The van der Waals surface area contributed by atoms with Gasteiger partial charge in [0.1, 0.15) is 11.5 Å². The van der Waals surface area contributed by atoms with Gasteiger partial charge in [0.25, 0.3) is 0 Å². The van der Waals surface area contributed by atoms with Gasteiger partial charge in [-0.05, 0) is 6.07 Å². The van der Waals surface area contributed by atoms with Crippen LogP contribution in [0.1, 0.15) is 5.56 Å². The number of methoxy groups -OCH3 is 2. The molecule has 1 aromatic rings. The molecule has 5 heteroatoms. The monoisotopic (exact) mass is 224 g/mol. The van der Waals surface area contributed by atoms with Crippen LogP contribution in [0.3, 0.4) is 0 Å². The predicted octanol–water partition coefficient (Wildman–Crippen LogP) is 0.279. The van der Waals surface area contributed by atoms with Gasteiger partial charge in [0.05, 0.1) is 20.8 Å². The Morgan fingerprint density at radius 1 is 1.38 bits per heavy atom. The Hall–Kier alpha value is -1.75. The summed E-state index contributed by atoms with van der Waals surface area (Å²) < 4.78 is 10.3. The van der Waals surface area contributed by atoms with Gasteiger partial charge in [-0.2, -0.15) is 0 Å². The number of carbonyl (C=O) groups excluding carboxylic acids is 1. The van der Waals surface area contributed by atoms with Crippen LogP contribution >= 0.6 is 0 Å². The fourth-order valence-corrected chi connectivity index (χ4v) is 1.32. The molecule has 5 nitrogen and oxygen atoms in total. The van der Waals surface area contributed by atoms with Gasteiger partial charge in [-0.1, -0.05) is 6.07 Å². The summed E-state index contributed by atoms with van der Waals surface area (Å²) in [6.45, 7) is 0.672. The van der Waals surface area contributed by atoms with Crippen LogP contribution in [-0.4, -0.2) is 26.7 Å². The third-order valence-corrected chi connectivity index (χ3v) is 2.11. The van der Waals surface area contributed by atoms with Crippen molar-refractivity contribution in [1.82, 2.24) is 5.32 Å². The molecule has 0 aliphatic heterocycles. The summed E-state index contributed by atoms with van der Waals surface area (Å²) in [6, 6.07) is 5.51. The van der Waals surface area contributed by atoms with E-state index in [0.717, 1.165) is 17.1 Å². The summed E-state index contributed by atoms with van der Waals surface area (Å²) in [5, 5.41) is 2.92. The molecule has 3 N–H and O–H groups in total. The fourth-order valence-electron chi connectivity index (χ4n) is 1.32. The van der Waals surface area contributed by atoms with Gasteiger partial charge >= 0.3 is 0 Å². The van der Waals surface area contributed by atoms with Gasteiger partial charge in [-0.3, -0.25) is 4.79 Å². The second-order valence-corrected chi connectivity index (χ2v) is 3.25. The van der Waals surface area contributed by atoms with Crippen molar-refractivity contribution >= 4 is 5.91 Å². The highest BCUT2D eigenvalue weighted by molar-refractivity contribution is 5.75. The van der Waals surface area contributed by atoms with Crippen molar-refractivity contribution in [1.29, 1.82) is 0 Å². The van der Waals surface area contributed by atoms with Gasteiger partial charge in [-0.25, -0.2) is 0 Å². The van der Waals surface area contributed by atoms with Gasteiger partial charge in [0.2, 0.25) is 5.91 Å². The topological polar surface area (TPSA) is 73.6 Å². The Labute approximate surface area is 94.5 Å². The van der Waals surface area contributed by atoms with E-state index in [1.54, 1.807) is 20.3 Å². The molecule has 1 aromatic carbocycles. The first-order chi connectivity index (χ1) is 7.67. The number of rotatable bonds is 6.